The normalized spacial score (nSPS) is 8.00. The summed E-state index contributed by atoms with van der Waals surface area (Å²) in [6, 6.07) is 0. The number of carbonyl (C=O) groups excluding carboxylic acids is 1. The molecule has 0 aliphatic heterocycles. The fourth-order valence-electron chi connectivity index (χ4n) is 0.360. The molecular formula is C6H7KO4. The van der Waals surface area contributed by atoms with Crippen LogP contribution in [0, 0.1) is 0 Å². The Labute approximate surface area is 107 Å². The van der Waals surface area contributed by atoms with Crippen LogP contribution >= 0.6 is 0 Å². The molecule has 0 aromatic heterocycles. The van der Waals surface area contributed by atoms with Gasteiger partial charge in [0.1, 0.15) is 0 Å². The Bertz CT molecular complexity index is 175. The molecule has 0 unspecified atom stereocenters. The van der Waals surface area contributed by atoms with Gasteiger partial charge in [-0.15, -0.1) is 0 Å². The summed E-state index contributed by atoms with van der Waals surface area (Å²) in [5.74, 6) is -2.43. The number of aliphatic carboxylic acids is 2. The largest absolute Gasteiger partial charge is 1.00 e. The molecule has 56 valence electrons. The first-order valence-electron chi connectivity index (χ1n) is 2.65. The van der Waals surface area contributed by atoms with Crippen LogP contribution in [0.5, 0.6) is 0 Å². The predicted molar refractivity (Wildman–Crippen MR) is 31.0 cm³/mol. The quantitative estimate of drug-likeness (QED) is 0.357. The van der Waals surface area contributed by atoms with Crippen molar-refractivity contribution in [2.45, 2.75) is 12.8 Å². The van der Waals surface area contributed by atoms with E-state index in [4.69, 9.17) is 5.11 Å². The zero-order valence-corrected chi connectivity index (χ0v) is 9.42. The summed E-state index contributed by atoms with van der Waals surface area (Å²) in [5, 5.41) is 18.0. The minimum absolute atomic E-state index is 0. The van der Waals surface area contributed by atoms with Crippen LogP contribution < -0.4 is 56.5 Å². The summed E-state index contributed by atoms with van der Waals surface area (Å²) in [4.78, 5) is 19.8. The molecule has 0 heterocycles. The Kier molecular flexibility index (Phi) is 8.82. The number of hydrogen-bond donors (Lipinski definition) is 1. The Hall–Kier alpha value is 0.316. The van der Waals surface area contributed by atoms with Crippen molar-refractivity contribution >= 4 is 11.9 Å². The topological polar surface area (TPSA) is 77.4 Å². The first-order chi connectivity index (χ1) is 4.54. The third-order valence-corrected chi connectivity index (χ3v) is 0.929. The van der Waals surface area contributed by atoms with Crippen molar-refractivity contribution in [3.63, 3.8) is 0 Å². The Morgan fingerprint density at radius 2 is 1.82 bits per heavy atom. The maximum Gasteiger partial charge on any atom is 1.00 e. The first kappa shape index (κ1) is 13.9. The molecule has 11 heavy (non-hydrogen) atoms. The fourth-order valence-corrected chi connectivity index (χ4v) is 0.360. The van der Waals surface area contributed by atoms with Gasteiger partial charge in [-0.1, -0.05) is 6.58 Å². The molecule has 0 aliphatic rings. The van der Waals surface area contributed by atoms with Gasteiger partial charge in [-0.3, -0.25) is 4.79 Å². The molecule has 0 saturated heterocycles. The number of carboxylic acid groups (broad SMARTS) is 2. The van der Waals surface area contributed by atoms with E-state index < -0.39 is 11.9 Å². The van der Waals surface area contributed by atoms with Gasteiger partial charge in [0.2, 0.25) is 0 Å². The molecule has 0 aromatic rings. The second-order valence-electron chi connectivity index (χ2n) is 1.78. The molecule has 0 bridgehead atoms. The number of carbonyl (C=O) groups is 2. The molecule has 0 aliphatic carbocycles. The molecule has 0 rings (SSSR count). The predicted octanol–water partition coefficient (Wildman–Crippen LogP) is -3.84. The van der Waals surface area contributed by atoms with E-state index in [9.17, 15) is 14.7 Å². The summed E-state index contributed by atoms with van der Waals surface area (Å²) in [5.41, 5.74) is -0.178. The number of rotatable bonds is 4. The summed E-state index contributed by atoms with van der Waals surface area (Å²) in [6.45, 7) is 3.10. The van der Waals surface area contributed by atoms with Crippen LogP contribution in [0.2, 0.25) is 0 Å². The summed E-state index contributed by atoms with van der Waals surface area (Å²) in [7, 11) is 0. The van der Waals surface area contributed by atoms with Gasteiger partial charge in [0.25, 0.3) is 0 Å². The van der Waals surface area contributed by atoms with E-state index in [0.717, 1.165) is 0 Å². The number of hydrogen-bond acceptors (Lipinski definition) is 3. The Balaban J connectivity index is 0. The third-order valence-electron chi connectivity index (χ3n) is 0.929. The standard InChI is InChI=1S/C6H8O4.K/c1-4(6(9)10)2-3-5(7)8;/h1-3H2,(H,7,8)(H,9,10);/q;+1/p-1. The number of carboxylic acids is 2. The second-order valence-corrected chi connectivity index (χ2v) is 1.78. The zero-order valence-electron chi connectivity index (χ0n) is 6.29. The van der Waals surface area contributed by atoms with Crippen LogP contribution in [0.25, 0.3) is 0 Å². The Morgan fingerprint density at radius 1 is 1.36 bits per heavy atom. The van der Waals surface area contributed by atoms with Crippen molar-refractivity contribution in [2.75, 3.05) is 0 Å². The minimum Gasteiger partial charge on any atom is -0.545 e. The molecular weight excluding hydrogens is 175 g/mol. The van der Waals surface area contributed by atoms with Crippen molar-refractivity contribution in [1.29, 1.82) is 0 Å². The van der Waals surface area contributed by atoms with Crippen molar-refractivity contribution in [3.8, 4) is 0 Å². The van der Waals surface area contributed by atoms with Gasteiger partial charge in [-0.05, 0) is 12.0 Å². The monoisotopic (exact) mass is 182 g/mol. The van der Waals surface area contributed by atoms with E-state index in [1.807, 2.05) is 0 Å². The van der Waals surface area contributed by atoms with Gasteiger partial charge in [0, 0.05) is 6.42 Å². The average molecular weight is 182 g/mol. The minimum atomic E-state index is -1.39. The Morgan fingerprint density at radius 3 is 2.09 bits per heavy atom. The van der Waals surface area contributed by atoms with Gasteiger partial charge < -0.3 is 15.0 Å². The molecule has 0 radical (unpaired) electrons. The fraction of sp³-hybridized carbons (Fsp3) is 0.333. The smallest absolute Gasteiger partial charge is 0.545 e. The summed E-state index contributed by atoms with van der Waals surface area (Å²) in [6.07, 6.45) is -0.273. The SMILES string of the molecule is C=C(CCC(=O)O)C(=O)[O-].[K+]. The van der Waals surface area contributed by atoms with E-state index in [-0.39, 0.29) is 69.8 Å². The molecule has 4 nitrogen and oxygen atoms in total. The van der Waals surface area contributed by atoms with Crippen LogP contribution in [-0.4, -0.2) is 17.0 Å². The van der Waals surface area contributed by atoms with Crippen molar-refractivity contribution in [1.82, 2.24) is 0 Å². The maximum atomic E-state index is 9.91. The zero-order chi connectivity index (χ0) is 8.15. The van der Waals surface area contributed by atoms with E-state index in [1.54, 1.807) is 0 Å². The van der Waals surface area contributed by atoms with Gasteiger partial charge in [0.05, 0.1) is 5.97 Å². The van der Waals surface area contributed by atoms with Gasteiger partial charge >= 0.3 is 57.4 Å². The van der Waals surface area contributed by atoms with Crippen LogP contribution in [0.3, 0.4) is 0 Å². The van der Waals surface area contributed by atoms with Crippen LogP contribution in [0.4, 0.5) is 0 Å². The molecule has 0 saturated carbocycles. The van der Waals surface area contributed by atoms with E-state index in [1.165, 1.54) is 0 Å². The molecule has 0 aromatic carbocycles. The van der Waals surface area contributed by atoms with E-state index in [0.29, 0.717) is 0 Å². The third kappa shape index (κ3) is 8.22. The van der Waals surface area contributed by atoms with Crippen molar-refractivity contribution in [2.24, 2.45) is 0 Å². The molecule has 0 amide bonds. The molecule has 0 fully saturated rings. The molecule has 1 N–H and O–H groups in total. The van der Waals surface area contributed by atoms with Gasteiger partial charge in [0.15, 0.2) is 0 Å². The van der Waals surface area contributed by atoms with E-state index in [2.05, 4.69) is 6.58 Å². The first-order valence-corrected chi connectivity index (χ1v) is 2.65. The molecule has 0 atom stereocenters. The summed E-state index contributed by atoms with van der Waals surface area (Å²) >= 11 is 0. The molecule has 5 heteroatoms. The van der Waals surface area contributed by atoms with Gasteiger partial charge in [-0.25, -0.2) is 0 Å². The van der Waals surface area contributed by atoms with E-state index >= 15 is 0 Å². The van der Waals surface area contributed by atoms with Crippen molar-refractivity contribution < 1.29 is 71.2 Å². The maximum absolute atomic E-state index is 9.91. The van der Waals surface area contributed by atoms with Crippen LogP contribution in [-0.2, 0) is 9.59 Å². The second kappa shape index (κ2) is 6.99. The van der Waals surface area contributed by atoms with Crippen LogP contribution in [0.1, 0.15) is 12.8 Å². The van der Waals surface area contributed by atoms with Crippen LogP contribution in [0.15, 0.2) is 12.2 Å². The molecule has 0 spiro atoms. The summed E-state index contributed by atoms with van der Waals surface area (Å²) < 4.78 is 0. The van der Waals surface area contributed by atoms with Gasteiger partial charge in [-0.2, -0.15) is 0 Å². The van der Waals surface area contributed by atoms with Crippen molar-refractivity contribution in [3.05, 3.63) is 12.2 Å². The average Bonchev–Trinajstić information content (AvgIpc) is 1.82.